The summed E-state index contributed by atoms with van der Waals surface area (Å²) in [6.45, 7) is 4.17. The van der Waals surface area contributed by atoms with E-state index in [4.69, 9.17) is 15.9 Å². The third kappa shape index (κ3) is 6.02. The minimum absolute atomic E-state index is 0.225. The van der Waals surface area contributed by atoms with Gasteiger partial charge in [0.1, 0.15) is 5.82 Å². The minimum atomic E-state index is -1.04. The number of aryl methyl sites for hydroxylation is 2. The van der Waals surface area contributed by atoms with Crippen molar-refractivity contribution in [1.82, 2.24) is 35.4 Å². The Morgan fingerprint density at radius 2 is 1.63 bits per heavy atom. The number of para-hydroxylation sites is 2. The molecule has 0 fully saturated rings. The Labute approximate surface area is 269 Å². The highest BCUT2D eigenvalue weighted by molar-refractivity contribution is 5.86. The second kappa shape index (κ2) is 12.5. The lowest BCUT2D eigenvalue weighted by Crippen LogP contribution is -2.50. The molecule has 9 nitrogen and oxygen atoms in total. The molecule has 3 atom stereocenters. The van der Waals surface area contributed by atoms with E-state index in [0.717, 1.165) is 59.3 Å². The zero-order valence-electron chi connectivity index (χ0n) is 26.5. The number of carbonyl (C=O) groups is 1. The van der Waals surface area contributed by atoms with Gasteiger partial charge in [-0.2, -0.15) is 0 Å². The standard InChI is InChI=1S/C37H42N8O/c1-37(2,38)36(46)42-33(20-26-23-41-32-16-8-5-13-29(26)32)35-44-43-34(17-9-10-24-21-39-30-14-6-3-11-27(24)30)45(35)19-18-25-22-40-31-15-7-4-12-28(25)31/h3-8,11-16,21-23,28,31,33,39-41H,9-10,17-20,38H2,1-2H3,(H,42,46)/t28?,31?,33-/m1/s1. The first-order valence-electron chi connectivity index (χ1n) is 16.3. The van der Waals surface area contributed by atoms with E-state index in [0.29, 0.717) is 24.9 Å². The number of benzene rings is 2. The van der Waals surface area contributed by atoms with Crippen molar-refractivity contribution in [1.29, 1.82) is 0 Å². The van der Waals surface area contributed by atoms with E-state index >= 15 is 0 Å². The molecule has 9 heteroatoms. The maximum absolute atomic E-state index is 13.4. The predicted octanol–water partition coefficient (Wildman–Crippen LogP) is 5.54. The molecular weight excluding hydrogens is 572 g/mol. The van der Waals surface area contributed by atoms with Crippen LogP contribution in [-0.2, 0) is 30.6 Å². The van der Waals surface area contributed by atoms with Gasteiger partial charge in [-0.05, 0) is 68.1 Å². The van der Waals surface area contributed by atoms with E-state index in [1.165, 1.54) is 16.5 Å². The van der Waals surface area contributed by atoms with Gasteiger partial charge in [0.15, 0.2) is 5.82 Å². The molecule has 2 aliphatic rings. The molecule has 6 N–H and O–H groups in total. The lowest BCUT2D eigenvalue weighted by Gasteiger charge is -2.25. The Kier molecular flexibility index (Phi) is 8.09. The average molecular weight is 615 g/mol. The van der Waals surface area contributed by atoms with Crippen LogP contribution < -0.4 is 16.4 Å². The molecule has 1 amide bonds. The minimum Gasteiger partial charge on any atom is -0.384 e. The van der Waals surface area contributed by atoms with E-state index in [2.05, 4.69) is 98.3 Å². The van der Waals surface area contributed by atoms with Crippen LogP contribution >= 0.6 is 0 Å². The molecule has 2 aromatic carbocycles. The fourth-order valence-electron chi connectivity index (χ4n) is 6.78. The van der Waals surface area contributed by atoms with Gasteiger partial charge in [-0.25, -0.2) is 0 Å². The largest absolute Gasteiger partial charge is 0.384 e. The molecule has 4 heterocycles. The highest BCUT2D eigenvalue weighted by Crippen LogP contribution is 2.31. The molecule has 0 saturated heterocycles. The summed E-state index contributed by atoms with van der Waals surface area (Å²) in [5, 5.41) is 18.7. The van der Waals surface area contributed by atoms with Crippen LogP contribution in [0.3, 0.4) is 0 Å². The number of allylic oxidation sites excluding steroid dienone is 2. The number of nitrogens with zero attached hydrogens (tertiary/aromatic N) is 3. The number of aromatic amines is 2. The maximum atomic E-state index is 13.4. The van der Waals surface area contributed by atoms with Crippen LogP contribution in [-0.4, -0.2) is 42.2 Å². The first kappa shape index (κ1) is 29.8. The van der Waals surface area contributed by atoms with Crippen LogP contribution in [0.4, 0.5) is 0 Å². The van der Waals surface area contributed by atoms with Gasteiger partial charge in [-0.1, -0.05) is 60.7 Å². The normalized spacial score (nSPS) is 18.1. The summed E-state index contributed by atoms with van der Waals surface area (Å²) < 4.78 is 2.25. The van der Waals surface area contributed by atoms with Gasteiger partial charge in [0.05, 0.1) is 17.6 Å². The molecule has 1 aliphatic heterocycles. The molecule has 2 unspecified atom stereocenters. The summed E-state index contributed by atoms with van der Waals surface area (Å²) in [5.74, 6) is 1.81. The molecule has 0 spiro atoms. The summed E-state index contributed by atoms with van der Waals surface area (Å²) in [5.41, 5.74) is 11.2. The van der Waals surface area contributed by atoms with Gasteiger partial charge in [0, 0.05) is 59.5 Å². The molecule has 0 saturated carbocycles. The SMILES string of the molecule is CC(C)(N)C(=O)N[C@H](Cc1c[nH]c2ccccc12)c1nnc(CCCc2c[nH]c3ccccc23)n1CCC1=CNC2C=CC=CC12. The van der Waals surface area contributed by atoms with Crippen molar-refractivity contribution in [3.63, 3.8) is 0 Å². The monoisotopic (exact) mass is 614 g/mol. The topological polar surface area (TPSA) is 129 Å². The Hall–Kier alpha value is -4.89. The lowest BCUT2D eigenvalue weighted by atomic mass is 9.90. The number of hydrogen-bond acceptors (Lipinski definition) is 5. The Morgan fingerprint density at radius 1 is 0.935 bits per heavy atom. The molecule has 7 rings (SSSR count). The average Bonchev–Trinajstić information content (AvgIpc) is 3.85. The number of nitrogens with one attached hydrogen (secondary N) is 4. The Bertz CT molecular complexity index is 1950. The zero-order valence-corrected chi connectivity index (χ0v) is 26.5. The number of amides is 1. The lowest BCUT2D eigenvalue weighted by molar-refractivity contribution is -0.126. The Balaban J connectivity index is 1.19. The molecule has 3 aromatic heterocycles. The summed E-state index contributed by atoms with van der Waals surface area (Å²) >= 11 is 0. The van der Waals surface area contributed by atoms with Gasteiger partial charge < -0.3 is 30.9 Å². The molecule has 1 aliphatic carbocycles. The quantitative estimate of drug-likeness (QED) is 0.126. The summed E-state index contributed by atoms with van der Waals surface area (Å²) in [7, 11) is 0. The molecule has 236 valence electrons. The van der Waals surface area contributed by atoms with Crippen LogP contribution in [0.15, 0.2) is 97.0 Å². The number of nitrogens with two attached hydrogens (primary N) is 1. The Morgan fingerprint density at radius 3 is 2.39 bits per heavy atom. The molecule has 0 bridgehead atoms. The van der Waals surface area contributed by atoms with Gasteiger partial charge in [0.2, 0.25) is 5.91 Å². The third-order valence-electron chi connectivity index (χ3n) is 9.33. The predicted molar refractivity (Wildman–Crippen MR) is 183 cm³/mol. The van der Waals surface area contributed by atoms with Crippen LogP contribution in [0.25, 0.3) is 21.8 Å². The number of hydrogen-bond donors (Lipinski definition) is 5. The van der Waals surface area contributed by atoms with E-state index in [1.54, 1.807) is 13.8 Å². The first-order valence-corrected chi connectivity index (χ1v) is 16.3. The maximum Gasteiger partial charge on any atom is 0.240 e. The highest BCUT2D eigenvalue weighted by Gasteiger charge is 2.31. The van der Waals surface area contributed by atoms with Crippen molar-refractivity contribution in [2.45, 2.75) is 70.1 Å². The second-order valence-electron chi connectivity index (χ2n) is 13.1. The van der Waals surface area contributed by atoms with Gasteiger partial charge in [-0.3, -0.25) is 4.79 Å². The van der Waals surface area contributed by atoms with Gasteiger partial charge >= 0.3 is 0 Å². The highest BCUT2D eigenvalue weighted by atomic mass is 16.2. The number of carbonyl (C=O) groups excluding carboxylic acids is 1. The van der Waals surface area contributed by atoms with Crippen LogP contribution in [0.1, 0.15) is 55.5 Å². The van der Waals surface area contributed by atoms with Crippen molar-refractivity contribution in [3.8, 4) is 0 Å². The van der Waals surface area contributed by atoms with Crippen molar-refractivity contribution < 1.29 is 4.79 Å². The van der Waals surface area contributed by atoms with Crippen LogP contribution in [0.5, 0.6) is 0 Å². The summed E-state index contributed by atoms with van der Waals surface area (Å²) in [4.78, 5) is 20.1. The molecule has 0 radical (unpaired) electrons. The molecule has 46 heavy (non-hydrogen) atoms. The molecule has 5 aromatic rings. The number of fused-ring (bicyclic) bond motifs is 3. The van der Waals surface area contributed by atoms with Gasteiger partial charge in [0.25, 0.3) is 0 Å². The first-order chi connectivity index (χ1) is 22.3. The van der Waals surface area contributed by atoms with Crippen LogP contribution in [0.2, 0.25) is 0 Å². The van der Waals surface area contributed by atoms with Crippen molar-refractivity contribution in [2.24, 2.45) is 11.7 Å². The zero-order chi connectivity index (χ0) is 31.7. The van der Waals surface area contributed by atoms with Crippen molar-refractivity contribution in [3.05, 3.63) is 120 Å². The second-order valence-corrected chi connectivity index (χ2v) is 13.1. The fourth-order valence-corrected chi connectivity index (χ4v) is 6.78. The van der Waals surface area contributed by atoms with E-state index in [9.17, 15) is 4.79 Å². The van der Waals surface area contributed by atoms with Crippen molar-refractivity contribution in [2.75, 3.05) is 0 Å². The van der Waals surface area contributed by atoms with Crippen molar-refractivity contribution >= 4 is 27.7 Å². The molecular formula is C37H42N8O. The fraction of sp³-hybridized carbons (Fsp3) is 0.324. The van der Waals surface area contributed by atoms with E-state index in [1.807, 2.05) is 18.3 Å². The summed E-state index contributed by atoms with van der Waals surface area (Å²) in [6.07, 6.45) is 19.1. The number of H-pyrrole nitrogens is 2. The number of aromatic nitrogens is 5. The van der Waals surface area contributed by atoms with Crippen LogP contribution in [0, 0.1) is 5.92 Å². The number of rotatable bonds is 12. The smallest absolute Gasteiger partial charge is 0.240 e. The third-order valence-corrected chi connectivity index (χ3v) is 9.33. The summed E-state index contributed by atoms with van der Waals surface area (Å²) in [6, 6.07) is 16.5. The van der Waals surface area contributed by atoms with E-state index < -0.39 is 11.6 Å². The van der Waals surface area contributed by atoms with Gasteiger partial charge in [-0.15, -0.1) is 10.2 Å². The van der Waals surface area contributed by atoms with E-state index in [-0.39, 0.29) is 5.91 Å².